The molecule has 8 nitrogen and oxygen atoms in total. The molecule has 1 amide bonds. The van der Waals surface area contributed by atoms with Gasteiger partial charge in [-0.15, -0.1) is 0 Å². The Kier molecular flexibility index (Phi) is 9.31. The summed E-state index contributed by atoms with van der Waals surface area (Å²) >= 11 is 5.81. The molecule has 2 N–H and O–H groups in total. The number of nitrogens with zero attached hydrogens (tertiary/aromatic N) is 1. The first-order chi connectivity index (χ1) is 20.4. The monoisotopic (exact) mass is 589 g/mol. The van der Waals surface area contributed by atoms with Crippen LogP contribution in [0, 0.1) is 5.82 Å². The fraction of sp³-hybridized carbons (Fsp3) is 0.219. The minimum Gasteiger partial charge on any atom is -0.473 e. The van der Waals surface area contributed by atoms with Gasteiger partial charge in [-0.25, -0.2) is 14.2 Å². The Bertz CT molecular complexity index is 1580. The van der Waals surface area contributed by atoms with E-state index in [2.05, 4.69) is 15.6 Å². The summed E-state index contributed by atoms with van der Waals surface area (Å²) in [4.78, 5) is 29.5. The molecule has 2 heterocycles. The van der Waals surface area contributed by atoms with Crippen molar-refractivity contribution in [2.45, 2.75) is 25.6 Å². The number of amides is 1. The summed E-state index contributed by atoms with van der Waals surface area (Å²) in [5.41, 5.74) is 4.26. The van der Waals surface area contributed by atoms with Gasteiger partial charge in [0.15, 0.2) is 0 Å². The molecule has 1 aliphatic rings. The summed E-state index contributed by atoms with van der Waals surface area (Å²) in [6, 6.07) is 22.2. The van der Waals surface area contributed by atoms with E-state index in [0.717, 1.165) is 24.2 Å². The van der Waals surface area contributed by atoms with Crippen LogP contribution < -0.4 is 15.4 Å². The molecule has 1 aliphatic heterocycles. The van der Waals surface area contributed by atoms with E-state index in [-0.39, 0.29) is 25.0 Å². The minimum absolute atomic E-state index is 0.0184. The van der Waals surface area contributed by atoms with Gasteiger partial charge in [0.05, 0.1) is 42.3 Å². The number of halogens is 2. The third-order valence-corrected chi connectivity index (χ3v) is 6.99. The first-order valence-corrected chi connectivity index (χ1v) is 13.8. The highest BCUT2D eigenvalue weighted by molar-refractivity contribution is 6.30. The van der Waals surface area contributed by atoms with Crippen molar-refractivity contribution >= 4 is 34.9 Å². The lowest BCUT2D eigenvalue weighted by Gasteiger charge is -2.27. The second-order valence-electron chi connectivity index (χ2n) is 9.72. The zero-order valence-corrected chi connectivity index (χ0v) is 23.6. The highest BCUT2D eigenvalue weighted by atomic mass is 35.5. The maximum atomic E-state index is 14.1. The van der Waals surface area contributed by atoms with Crippen LogP contribution in [0.3, 0.4) is 0 Å². The molecule has 1 saturated heterocycles. The molecule has 42 heavy (non-hydrogen) atoms. The topological polar surface area (TPSA) is 98.8 Å². The number of pyridine rings is 1. The molecular weight excluding hydrogens is 561 g/mol. The molecule has 5 rings (SSSR count). The quantitative estimate of drug-likeness (QED) is 0.198. The number of esters is 1. The Morgan fingerprint density at radius 2 is 1.86 bits per heavy atom. The smallest absolute Gasteiger partial charge is 0.337 e. The zero-order valence-electron chi connectivity index (χ0n) is 22.9. The molecular formula is C32H29ClFN3O5. The van der Waals surface area contributed by atoms with E-state index in [1.165, 1.54) is 13.2 Å². The van der Waals surface area contributed by atoms with Crippen molar-refractivity contribution in [3.8, 4) is 17.1 Å². The van der Waals surface area contributed by atoms with Crippen molar-refractivity contribution in [2.75, 3.05) is 30.9 Å². The average molecular weight is 590 g/mol. The number of rotatable bonds is 11. The third kappa shape index (κ3) is 7.43. The van der Waals surface area contributed by atoms with Crippen molar-refractivity contribution in [1.82, 2.24) is 4.98 Å². The van der Waals surface area contributed by atoms with Gasteiger partial charge in [0.1, 0.15) is 12.4 Å². The predicted octanol–water partition coefficient (Wildman–Crippen LogP) is 6.29. The number of aromatic nitrogens is 1. The van der Waals surface area contributed by atoms with Crippen LogP contribution >= 0.6 is 11.6 Å². The fourth-order valence-corrected chi connectivity index (χ4v) is 4.49. The van der Waals surface area contributed by atoms with Crippen LogP contribution in [-0.4, -0.2) is 43.2 Å². The van der Waals surface area contributed by atoms with Crippen LogP contribution in [0.25, 0.3) is 11.3 Å². The minimum atomic E-state index is -0.460. The Morgan fingerprint density at radius 1 is 1.05 bits per heavy atom. The first-order valence-electron chi connectivity index (χ1n) is 13.4. The first kappa shape index (κ1) is 29.0. The lowest BCUT2D eigenvalue weighted by atomic mass is 10.1. The predicted molar refractivity (Wildman–Crippen MR) is 158 cm³/mol. The van der Waals surface area contributed by atoms with Gasteiger partial charge in [0, 0.05) is 35.4 Å². The standard InChI is InChI=1S/C32H29ClFN3O5/c1-40-32(39)22-10-12-28(29(16-22)35-18-25-13-14-41-25)36-30(38)15-20-5-7-21(8-6-20)27-3-2-4-31(37-27)42-19-23-9-11-24(33)17-26(23)34/h2-12,16-17,25,35H,13-15,18-19H2,1H3,(H,36,38). The fourth-order valence-electron chi connectivity index (χ4n) is 4.33. The van der Waals surface area contributed by atoms with Gasteiger partial charge in [-0.3, -0.25) is 4.79 Å². The maximum Gasteiger partial charge on any atom is 0.337 e. The van der Waals surface area contributed by atoms with E-state index < -0.39 is 11.8 Å². The van der Waals surface area contributed by atoms with Crippen LogP contribution in [-0.2, 0) is 27.3 Å². The van der Waals surface area contributed by atoms with Crippen LogP contribution in [0.1, 0.15) is 27.9 Å². The van der Waals surface area contributed by atoms with Crippen molar-refractivity contribution in [3.05, 3.63) is 106 Å². The second-order valence-corrected chi connectivity index (χ2v) is 10.2. The Morgan fingerprint density at radius 3 is 2.57 bits per heavy atom. The molecule has 0 saturated carbocycles. The number of benzene rings is 3. The number of nitrogens with one attached hydrogen (secondary N) is 2. The summed E-state index contributed by atoms with van der Waals surface area (Å²) < 4.78 is 30.1. The summed E-state index contributed by atoms with van der Waals surface area (Å²) in [6.45, 7) is 1.31. The Labute approximate surface area is 247 Å². The number of methoxy groups -OCH3 is 1. The number of ether oxygens (including phenoxy) is 3. The zero-order chi connectivity index (χ0) is 29.5. The van der Waals surface area contributed by atoms with Gasteiger partial charge >= 0.3 is 5.97 Å². The van der Waals surface area contributed by atoms with Gasteiger partial charge in [0.2, 0.25) is 11.8 Å². The van der Waals surface area contributed by atoms with Gasteiger partial charge in [-0.1, -0.05) is 48.0 Å². The summed E-state index contributed by atoms with van der Waals surface area (Å²) in [5.74, 6) is -0.749. The van der Waals surface area contributed by atoms with Crippen molar-refractivity contribution < 1.29 is 28.2 Å². The van der Waals surface area contributed by atoms with Crippen molar-refractivity contribution in [3.63, 3.8) is 0 Å². The Hall–Kier alpha value is -4.47. The van der Waals surface area contributed by atoms with Gasteiger partial charge in [-0.05, 0) is 48.4 Å². The highest BCUT2D eigenvalue weighted by Crippen LogP contribution is 2.26. The second kappa shape index (κ2) is 13.5. The molecule has 0 aliphatic carbocycles. The summed E-state index contributed by atoms with van der Waals surface area (Å²) in [7, 11) is 1.32. The Balaban J connectivity index is 1.21. The number of hydrogen-bond donors (Lipinski definition) is 2. The molecule has 1 fully saturated rings. The maximum absolute atomic E-state index is 14.1. The van der Waals surface area contributed by atoms with E-state index in [0.29, 0.717) is 45.6 Å². The van der Waals surface area contributed by atoms with E-state index in [9.17, 15) is 14.0 Å². The number of carbonyl (C=O) groups excluding carboxylic acids is 2. The molecule has 4 aromatic rings. The number of hydrogen-bond acceptors (Lipinski definition) is 7. The number of anilines is 2. The van der Waals surface area contributed by atoms with E-state index >= 15 is 0 Å². The van der Waals surface area contributed by atoms with Crippen LogP contribution in [0.2, 0.25) is 5.02 Å². The SMILES string of the molecule is COC(=O)c1ccc(NC(=O)Cc2ccc(-c3cccc(OCc4ccc(Cl)cc4F)n3)cc2)c(NCC2CCO2)c1. The molecule has 1 unspecified atom stereocenters. The lowest BCUT2D eigenvalue weighted by Crippen LogP contribution is -2.33. The summed E-state index contributed by atoms with van der Waals surface area (Å²) in [6.07, 6.45) is 1.20. The van der Waals surface area contributed by atoms with Crippen molar-refractivity contribution in [1.29, 1.82) is 0 Å². The third-order valence-electron chi connectivity index (χ3n) is 6.76. The highest BCUT2D eigenvalue weighted by Gasteiger charge is 2.19. The largest absolute Gasteiger partial charge is 0.473 e. The van der Waals surface area contributed by atoms with E-state index in [1.807, 2.05) is 36.4 Å². The molecule has 0 bridgehead atoms. The van der Waals surface area contributed by atoms with Crippen molar-refractivity contribution in [2.24, 2.45) is 0 Å². The summed E-state index contributed by atoms with van der Waals surface area (Å²) in [5, 5.41) is 6.52. The molecule has 10 heteroatoms. The van der Waals surface area contributed by atoms with E-state index in [1.54, 1.807) is 36.4 Å². The molecule has 1 atom stereocenters. The molecule has 3 aromatic carbocycles. The van der Waals surface area contributed by atoms with Gasteiger partial charge in [-0.2, -0.15) is 0 Å². The molecule has 0 spiro atoms. The van der Waals surface area contributed by atoms with E-state index in [4.69, 9.17) is 25.8 Å². The van der Waals surface area contributed by atoms with Crippen LogP contribution in [0.15, 0.2) is 78.9 Å². The molecule has 0 radical (unpaired) electrons. The molecule has 1 aromatic heterocycles. The van der Waals surface area contributed by atoms with Crippen LogP contribution in [0.4, 0.5) is 15.8 Å². The number of carbonyl (C=O) groups is 2. The lowest BCUT2D eigenvalue weighted by molar-refractivity contribution is -0.115. The van der Waals surface area contributed by atoms with Gasteiger partial charge in [0.25, 0.3) is 0 Å². The average Bonchev–Trinajstić information content (AvgIpc) is 2.96. The normalized spacial score (nSPS) is 14.0. The van der Waals surface area contributed by atoms with Gasteiger partial charge < -0.3 is 24.8 Å². The molecule has 216 valence electrons. The van der Waals surface area contributed by atoms with Crippen LogP contribution in [0.5, 0.6) is 5.88 Å².